The van der Waals surface area contributed by atoms with Crippen LogP contribution >= 0.6 is 0 Å². The Hall–Kier alpha value is -2.59. The van der Waals surface area contributed by atoms with Gasteiger partial charge in [0.2, 0.25) is 0 Å². The molecule has 0 aromatic heterocycles. The molecule has 0 heterocycles. The summed E-state index contributed by atoms with van der Waals surface area (Å²) in [5.74, 6) is 0.701. The second-order valence-electron chi connectivity index (χ2n) is 7.90. The fourth-order valence-corrected chi connectivity index (χ4v) is 2.50. The smallest absolute Gasteiger partial charge is 0.189 e. The Bertz CT molecular complexity index is 799. The van der Waals surface area contributed by atoms with Crippen molar-refractivity contribution in [2.45, 2.75) is 26.2 Å². The first-order valence-corrected chi connectivity index (χ1v) is 9.10. The highest BCUT2D eigenvalue weighted by Gasteiger charge is 2.18. The number of phenols is 1. The van der Waals surface area contributed by atoms with Crippen LogP contribution in [-0.4, -0.2) is 43.0 Å². The highest BCUT2D eigenvalue weighted by atomic mass is 16.5. The molecule has 0 bridgehead atoms. The van der Waals surface area contributed by atoms with E-state index in [1.54, 1.807) is 36.4 Å². The van der Waals surface area contributed by atoms with Crippen molar-refractivity contribution in [2.24, 2.45) is 0 Å². The number of carbonyl (C=O) groups excluding carboxylic acids is 1. The predicted octanol–water partition coefficient (Wildman–Crippen LogP) is 4.53. The van der Waals surface area contributed by atoms with Gasteiger partial charge >= 0.3 is 0 Å². The van der Waals surface area contributed by atoms with Crippen molar-refractivity contribution in [2.75, 3.05) is 27.2 Å². The number of ketones is 1. The Kier molecular flexibility index (Phi) is 6.81. The van der Waals surface area contributed by atoms with Crippen LogP contribution in [0.2, 0.25) is 0 Å². The van der Waals surface area contributed by atoms with Gasteiger partial charge in [0.05, 0.1) is 5.56 Å². The van der Waals surface area contributed by atoms with Crippen LogP contribution in [0.15, 0.2) is 48.5 Å². The number of carbonyl (C=O) groups is 1. The number of aromatic hydroxyl groups is 1. The maximum Gasteiger partial charge on any atom is 0.189 e. The van der Waals surface area contributed by atoms with Gasteiger partial charge in [0.1, 0.15) is 18.1 Å². The van der Waals surface area contributed by atoms with E-state index in [2.05, 4.69) is 20.8 Å². The number of rotatable bonds is 7. The van der Waals surface area contributed by atoms with Crippen LogP contribution in [0.25, 0.3) is 6.08 Å². The number of nitrogens with zero attached hydrogens (tertiary/aromatic N) is 1. The molecule has 2 aromatic carbocycles. The van der Waals surface area contributed by atoms with Crippen molar-refractivity contribution in [3.63, 3.8) is 0 Å². The zero-order valence-electron chi connectivity index (χ0n) is 16.8. The first-order chi connectivity index (χ1) is 12.7. The molecule has 0 aliphatic carbocycles. The summed E-state index contributed by atoms with van der Waals surface area (Å²) in [4.78, 5) is 14.9. The van der Waals surface area contributed by atoms with Crippen LogP contribution in [0.1, 0.15) is 42.3 Å². The molecule has 144 valence electrons. The Morgan fingerprint density at radius 1 is 1.11 bits per heavy atom. The van der Waals surface area contributed by atoms with E-state index in [1.807, 2.05) is 37.2 Å². The van der Waals surface area contributed by atoms with E-state index >= 15 is 0 Å². The molecule has 0 atom stereocenters. The lowest BCUT2D eigenvalue weighted by atomic mass is 9.85. The average Bonchev–Trinajstić information content (AvgIpc) is 2.60. The van der Waals surface area contributed by atoms with Crippen molar-refractivity contribution in [3.8, 4) is 11.5 Å². The van der Waals surface area contributed by atoms with Crippen molar-refractivity contribution in [1.29, 1.82) is 0 Å². The van der Waals surface area contributed by atoms with Crippen LogP contribution in [0.4, 0.5) is 0 Å². The van der Waals surface area contributed by atoms with E-state index in [0.717, 1.165) is 17.7 Å². The number of hydrogen-bond donors (Lipinski definition) is 1. The molecular weight excluding hydrogens is 338 g/mol. The molecule has 2 aromatic rings. The molecule has 0 saturated carbocycles. The third kappa shape index (κ3) is 6.26. The zero-order chi connectivity index (χ0) is 20.0. The molecule has 27 heavy (non-hydrogen) atoms. The van der Waals surface area contributed by atoms with Gasteiger partial charge in [-0.1, -0.05) is 45.0 Å². The van der Waals surface area contributed by atoms with Gasteiger partial charge in [-0.25, -0.2) is 0 Å². The Balaban J connectivity index is 2.28. The van der Waals surface area contributed by atoms with E-state index < -0.39 is 0 Å². The van der Waals surface area contributed by atoms with E-state index in [1.165, 1.54) is 0 Å². The largest absolute Gasteiger partial charge is 0.508 e. The number of allylic oxidation sites excluding steroid dienone is 1. The van der Waals surface area contributed by atoms with Gasteiger partial charge in [-0.15, -0.1) is 0 Å². The minimum atomic E-state index is -0.103. The second-order valence-corrected chi connectivity index (χ2v) is 7.90. The third-order valence-corrected chi connectivity index (χ3v) is 4.23. The van der Waals surface area contributed by atoms with Gasteiger partial charge in [-0.05, 0) is 61.0 Å². The van der Waals surface area contributed by atoms with Gasteiger partial charge in [-0.2, -0.15) is 0 Å². The van der Waals surface area contributed by atoms with E-state index in [0.29, 0.717) is 17.9 Å². The predicted molar refractivity (Wildman–Crippen MR) is 111 cm³/mol. The number of ether oxygens (including phenoxy) is 1. The monoisotopic (exact) mass is 367 g/mol. The standard InChI is InChI=1S/C23H29NO3/c1-23(2,3)18-9-13-22(27-15-14-24(4)5)20(16-18)21(26)12-8-17-6-10-19(25)11-7-17/h6-13,16,25H,14-15H2,1-5H3/b12-8+. The van der Waals surface area contributed by atoms with Gasteiger partial charge in [0.15, 0.2) is 5.78 Å². The molecular formula is C23H29NO3. The fourth-order valence-electron chi connectivity index (χ4n) is 2.50. The topological polar surface area (TPSA) is 49.8 Å². The van der Waals surface area contributed by atoms with Crippen LogP contribution < -0.4 is 4.74 Å². The lowest BCUT2D eigenvalue weighted by Crippen LogP contribution is -2.20. The minimum Gasteiger partial charge on any atom is -0.508 e. The van der Waals surface area contributed by atoms with E-state index in [-0.39, 0.29) is 16.9 Å². The highest BCUT2D eigenvalue weighted by molar-refractivity contribution is 6.08. The molecule has 2 rings (SSSR count). The molecule has 0 fully saturated rings. The number of hydrogen-bond acceptors (Lipinski definition) is 4. The number of benzene rings is 2. The van der Waals surface area contributed by atoms with Gasteiger partial charge in [0, 0.05) is 6.54 Å². The molecule has 0 spiro atoms. The molecule has 0 unspecified atom stereocenters. The quantitative estimate of drug-likeness (QED) is 0.577. The molecule has 0 aliphatic rings. The maximum atomic E-state index is 12.9. The van der Waals surface area contributed by atoms with Crippen LogP contribution in [-0.2, 0) is 5.41 Å². The summed E-state index contributed by atoms with van der Waals surface area (Å²) in [7, 11) is 3.97. The molecule has 4 heteroatoms. The van der Waals surface area contributed by atoms with Gasteiger partial charge in [0.25, 0.3) is 0 Å². The molecule has 4 nitrogen and oxygen atoms in total. The lowest BCUT2D eigenvalue weighted by Gasteiger charge is -2.21. The zero-order valence-corrected chi connectivity index (χ0v) is 16.8. The van der Waals surface area contributed by atoms with Crippen LogP contribution in [0, 0.1) is 0 Å². The van der Waals surface area contributed by atoms with Crippen molar-refractivity contribution >= 4 is 11.9 Å². The van der Waals surface area contributed by atoms with E-state index in [4.69, 9.17) is 4.74 Å². The summed E-state index contributed by atoms with van der Waals surface area (Å²) < 4.78 is 5.88. The molecule has 0 amide bonds. The van der Waals surface area contributed by atoms with Gasteiger partial charge < -0.3 is 14.7 Å². The summed E-state index contributed by atoms with van der Waals surface area (Å²) in [6.07, 6.45) is 3.29. The first-order valence-electron chi connectivity index (χ1n) is 9.10. The summed E-state index contributed by atoms with van der Waals surface area (Å²) in [6.45, 7) is 7.65. The Morgan fingerprint density at radius 2 is 1.78 bits per heavy atom. The Morgan fingerprint density at radius 3 is 2.37 bits per heavy atom. The van der Waals surface area contributed by atoms with Crippen LogP contribution in [0.5, 0.6) is 11.5 Å². The first kappa shape index (κ1) is 20.7. The Labute approximate surface area is 162 Å². The molecule has 0 radical (unpaired) electrons. The maximum absolute atomic E-state index is 12.9. The summed E-state index contributed by atoms with van der Waals surface area (Å²) >= 11 is 0. The summed E-state index contributed by atoms with van der Waals surface area (Å²) in [5.41, 5.74) is 2.45. The lowest BCUT2D eigenvalue weighted by molar-refractivity contribution is 0.104. The number of phenolic OH excluding ortho intramolecular Hbond substituents is 1. The third-order valence-electron chi connectivity index (χ3n) is 4.23. The summed E-state index contributed by atoms with van der Waals surface area (Å²) in [6, 6.07) is 12.6. The molecule has 0 saturated heterocycles. The van der Waals surface area contributed by atoms with Crippen molar-refractivity contribution < 1.29 is 14.6 Å². The van der Waals surface area contributed by atoms with Crippen LogP contribution in [0.3, 0.4) is 0 Å². The fraction of sp³-hybridized carbons (Fsp3) is 0.348. The van der Waals surface area contributed by atoms with E-state index in [9.17, 15) is 9.90 Å². The SMILES string of the molecule is CN(C)CCOc1ccc(C(C)(C)C)cc1C(=O)/C=C/c1ccc(O)cc1. The normalized spacial score (nSPS) is 11.9. The highest BCUT2D eigenvalue weighted by Crippen LogP contribution is 2.29. The second kappa shape index (κ2) is 8.87. The van der Waals surface area contributed by atoms with Crippen molar-refractivity contribution in [1.82, 2.24) is 4.90 Å². The van der Waals surface area contributed by atoms with Crippen molar-refractivity contribution in [3.05, 3.63) is 65.2 Å². The average molecular weight is 367 g/mol. The number of likely N-dealkylation sites (N-methyl/N-ethyl adjacent to an activating group) is 1. The summed E-state index contributed by atoms with van der Waals surface area (Å²) in [5, 5.41) is 9.37. The molecule has 0 aliphatic heterocycles. The molecule has 1 N–H and O–H groups in total. The van der Waals surface area contributed by atoms with Gasteiger partial charge in [-0.3, -0.25) is 4.79 Å². The minimum absolute atomic E-state index is 0.0577.